The molecular weight excluding hydrogens is 334 g/mol. The summed E-state index contributed by atoms with van der Waals surface area (Å²) < 4.78 is 10.7. The van der Waals surface area contributed by atoms with Crippen LogP contribution in [0, 0.1) is 0 Å². The van der Waals surface area contributed by atoms with Gasteiger partial charge in [0.05, 0.1) is 6.54 Å². The number of nitrogens with zero attached hydrogens (tertiary/aromatic N) is 1. The van der Waals surface area contributed by atoms with Gasteiger partial charge in [0.15, 0.2) is 0 Å². The molecule has 1 aromatic rings. The van der Waals surface area contributed by atoms with Crippen molar-refractivity contribution in [1.82, 2.24) is 4.90 Å². The second kappa shape index (κ2) is 8.29. The maximum atomic E-state index is 12.6. The van der Waals surface area contributed by atoms with Crippen molar-refractivity contribution in [2.24, 2.45) is 0 Å². The van der Waals surface area contributed by atoms with Gasteiger partial charge in [0.1, 0.15) is 11.2 Å². The number of carbonyl (C=O) groups excluding carboxylic acids is 2. The predicted octanol–water partition coefficient (Wildman–Crippen LogP) is 4.37. The van der Waals surface area contributed by atoms with E-state index in [9.17, 15) is 9.59 Å². The fraction of sp³-hybridized carbons (Fsp3) is 0.579. The quantitative estimate of drug-likeness (QED) is 0.769. The molecule has 0 aliphatic heterocycles. The maximum Gasteiger partial charge on any atom is 0.420 e. The minimum atomic E-state index is -0.767. The number of anilines is 2. The Balaban J connectivity index is 3.18. The molecule has 0 aliphatic carbocycles. The summed E-state index contributed by atoms with van der Waals surface area (Å²) in [5.74, 6) is 0. The van der Waals surface area contributed by atoms with E-state index in [1.54, 1.807) is 53.7 Å². The fourth-order valence-corrected chi connectivity index (χ4v) is 2.12. The molecule has 3 N–H and O–H groups in total. The van der Waals surface area contributed by atoms with E-state index < -0.39 is 23.4 Å². The SMILES string of the molecule is CCNc1ccc(N)cc1CN(C(=O)OC(C)(C)C)C(=O)OC(C)(C)C. The lowest BCUT2D eigenvalue weighted by molar-refractivity contribution is -0.000201. The Morgan fingerprint density at radius 3 is 1.96 bits per heavy atom. The van der Waals surface area contributed by atoms with Crippen LogP contribution >= 0.6 is 0 Å². The Labute approximate surface area is 155 Å². The number of ether oxygens (including phenoxy) is 2. The first-order chi connectivity index (χ1) is 11.8. The lowest BCUT2D eigenvalue weighted by Crippen LogP contribution is -2.43. The Bertz CT molecular complexity index is 617. The first kappa shape index (κ1) is 21.6. The van der Waals surface area contributed by atoms with Gasteiger partial charge in [0, 0.05) is 17.9 Å². The zero-order valence-electron chi connectivity index (χ0n) is 16.8. The van der Waals surface area contributed by atoms with Crippen LogP contribution in [0.3, 0.4) is 0 Å². The number of nitrogens with two attached hydrogens (primary N) is 1. The molecule has 0 aliphatic rings. The Morgan fingerprint density at radius 1 is 1.04 bits per heavy atom. The third-order valence-electron chi connectivity index (χ3n) is 3.05. The van der Waals surface area contributed by atoms with Crippen molar-refractivity contribution in [2.75, 3.05) is 17.6 Å². The van der Waals surface area contributed by atoms with Crippen LogP contribution in [0.4, 0.5) is 21.0 Å². The molecule has 26 heavy (non-hydrogen) atoms. The van der Waals surface area contributed by atoms with E-state index in [0.717, 1.165) is 10.6 Å². The molecule has 0 saturated heterocycles. The molecule has 0 heterocycles. The van der Waals surface area contributed by atoms with Gasteiger partial charge in [0.2, 0.25) is 0 Å². The third kappa shape index (κ3) is 7.21. The summed E-state index contributed by atoms with van der Waals surface area (Å²) in [6.07, 6.45) is -1.53. The van der Waals surface area contributed by atoms with E-state index in [-0.39, 0.29) is 6.54 Å². The number of imide groups is 1. The van der Waals surface area contributed by atoms with Crippen LogP contribution in [0.25, 0.3) is 0 Å². The topological polar surface area (TPSA) is 93.9 Å². The Morgan fingerprint density at radius 2 is 1.54 bits per heavy atom. The zero-order valence-corrected chi connectivity index (χ0v) is 16.8. The molecule has 1 rings (SSSR count). The van der Waals surface area contributed by atoms with E-state index >= 15 is 0 Å². The average Bonchev–Trinajstić information content (AvgIpc) is 2.43. The largest absolute Gasteiger partial charge is 0.443 e. The maximum absolute atomic E-state index is 12.6. The van der Waals surface area contributed by atoms with Crippen LogP contribution in [-0.4, -0.2) is 34.8 Å². The summed E-state index contributed by atoms with van der Waals surface area (Å²) in [7, 11) is 0. The minimum absolute atomic E-state index is 0.0167. The zero-order chi connectivity index (χ0) is 20.1. The number of rotatable bonds is 4. The van der Waals surface area contributed by atoms with Gasteiger partial charge >= 0.3 is 12.2 Å². The van der Waals surface area contributed by atoms with Gasteiger partial charge in [-0.3, -0.25) is 0 Å². The van der Waals surface area contributed by atoms with E-state index in [1.165, 1.54) is 0 Å². The lowest BCUT2D eigenvalue weighted by Gasteiger charge is -2.29. The van der Waals surface area contributed by atoms with Crippen molar-refractivity contribution >= 4 is 23.6 Å². The molecule has 0 aromatic heterocycles. The molecule has 0 atom stereocenters. The number of carbonyl (C=O) groups is 2. The van der Waals surface area contributed by atoms with Gasteiger partial charge in [-0.1, -0.05) is 0 Å². The molecule has 7 heteroatoms. The van der Waals surface area contributed by atoms with Crippen molar-refractivity contribution in [2.45, 2.75) is 66.2 Å². The lowest BCUT2D eigenvalue weighted by atomic mass is 10.1. The molecule has 0 bridgehead atoms. The molecule has 1 aromatic carbocycles. The highest BCUT2D eigenvalue weighted by Crippen LogP contribution is 2.23. The second-order valence-electron chi connectivity index (χ2n) is 7.99. The minimum Gasteiger partial charge on any atom is -0.443 e. The smallest absolute Gasteiger partial charge is 0.420 e. The third-order valence-corrected chi connectivity index (χ3v) is 3.05. The van der Waals surface area contributed by atoms with Crippen LogP contribution in [0.15, 0.2) is 18.2 Å². The van der Waals surface area contributed by atoms with Crippen molar-refractivity contribution in [3.8, 4) is 0 Å². The van der Waals surface area contributed by atoms with Gasteiger partial charge in [0.25, 0.3) is 0 Å². The number of benzene rings is 1. The summed E-state index contributed by atoms with van der Waals surface area (Å²) in [5.41, 5.74) is 6.42. The van der Waals surface area contributed by atoms with Crippen LogP contribution in [0.5, 0.6) is 0 Å². The molecule has 0 saturated carbocycles. The number of nitrogen functional groups attached to an aromatic ring is 1. The van der Waals surface area contributed by atoms with Gasteiger partial charge in [-0.25, -0.2) is 14.5 Å². The first-order valence-corrected chi connectivity index (χ1v) is 8.68. The van der Waals surface area contributed by atoms with Crippen molar-refractivity contribution in [3.05, 3.63) is 23.8 Å². The highest BCUT2D eigenvalue weighted by atomic mass is 16.6. The van der Waals surface area contributed by atoms with E-state index in [4.69, 9.17) is 15.2 Å². The van der Waals surface area contributed by atoms with Gasteiger partial charge < -0.3 is 20.5 Å². The number of amides is 2. The van der Waals surface area contributed by atoms with Crippen LogP contribution in [-0.2, 0) is 16.0 Å². The summed E-state index contributed by atoms with van der Waals surface area (Å²) >= 11 is 0. The second-order valence-corrected chi connectivity index (χ2v) is 7.99. The van der Waals surface area contributed by atoms with Crippen LogP contribution < -0.4 is 11.1 Å². The summed E-state index contributed by atoms with van der Waals surface area (Å²) in [5, 5.41) is 3.20. The molecule has 0 radical (unpaired) electrons. The summed E-state index contributed by atoms with van der Waals surface area (Å²) in [4.78, 5) is 26.1. The standard InChI is InChI=1S/C19H31N3O4/c1-8-21-15-10-9-14(20)11-13(15)12-22(16(23)25-18(2,3)4)17(24)26-19(5,6)7/h9-11,21H,8,12,20H2,1-7H3. The molecule has 0 fully saturated rings. The predicted molar refractivity (Wildman–Crippen MR) is 103 cm³/mol. The molecule has 0 spiro atoms. The Kier molecular flexibility index (Phi) is 6.89. The monoisotopic (exact) mass is 365 g/mol. The van der Waals surface area contributed by atoms with Gasteiger partial charge in [-0.2, -0.15) is 0 Å². The van der Waals surface area contributed by atoms with E-state index in [2.05, 4.69) is 5.32 Å². The fourth-order valence-electron chi connectivity index (χ4n) is 2.12. The summed E-state index contributed by atoms with van der Waals surface area (Å²) in [6.45, 7) is 13.1. The Hall–Kier alpha value is -2.44. The van der Waals surface area contributed by atoms with Crippen LogP contribution in [0.2, 0.25) is 0 Å². The summed E-state index contributed by atoms with van der Waals surface area (Å²) in [6, 6.07) is 5.29. The van der Waals surface area contributed by atoms with Crippen molar-refractivity contribution in [3.63, 3.8) is 0 Å². The normalized spacial score (nSPS) is 11.7. The van der Waals surface area contributed by atoms with Gasteiger partial charge in [-0.05, 0) is 72.2 Å². The molecule has 146 valence electrons. The van der Waals surface area contributed by atoms with Crippen LogP contribution in [0.1, 0.15) is 54.0 Å². The number of hydrogen-bond donors (Lipinski definition) is 2. The average molecular weight is 365 g/mol. The molecular formula is C19H31N3O4. The van der Waals surface area contributed by atoms with E-state index in [1.807, 2.05) is 13.0 Å². The van der Waals surface area contributed by atoms with E-state index in [0.29, 0.717) is 17.8 Å². The molecule has 7 nitrogen and oxygen atoms in total. The molecule has 2 amide bonds. The highest BCUT2D eigenvalue weighted by molar-refractivity contribution is 5.88. The number of hydrogen-bond acceptors (Lipinski definition) is 6. The molecule has 0 unspecified atom stereocenters. The number of nitrogens with one attached hydrogen (secondary N) is 1. The first-order valence-electron chi connectivity index (χ1n) is 8.68. The highest BCUT2D eigenvalue weighted by Gasteiger charge is 2.31. The van der Waals surface area contributed by atoms with Gasteiger partial charge in [-0.15, -0.1) is 0 Å². The van der Waals surface area contributed by atoms with Crippen molar-refractivity contribution < 1.29 is 19.1 Å². The van der Waals surface area contributed by atoms with Crippen molar-refractivity contribution in [1.29, 1.82) is 0 Å².